The molecule has 0 aliphatic rings. The van der Waals surface area contributed by atoms with Crippen LogP contribution in [-0.2, 0) is 4.79 Å². The molecule has 2 rings (SSSR count). The number of rotatable bonds is 4. The average Bonchev–Trinajstić information content (AvgIpc) is 2.54. The summed E-state index contributed by atoms with van der Waals surface area (Å²) in [6.45, 7) is 1.77. The van der Waals surface area contributed by atoms with Gasteiger partial charge in [-0.2, -0.15) is 5.26 Å². The van der Waals surface area contributed by atoms with Crippen molar-refractivity contribution < 1.29 is 9.53 Å². The molecule has 21 heavy (non-hydrogen) atoms. The molecule has 3 heteroatoms. The lowest BCUT2D eigenvalue weighted by Crippen LogP contribution is -2.06. The lowest BCUT2D eigenvalue weighted by Gasteiger charge is -2.09. The third-order valence-electron chi connectivity index (χ3n) is 3.00. The second-order valence-electron chi connectivity index (χ2n) is 4.55. The summed E-state index contributed by atoms with van der Waals surface area (Å²) in [7, 11) is 0. The van der Waals surface area contributed by atoms with Gasteiger partial charge in [0.1, 0.15) is 5.75 Å². The van der Waals surface area contributed by atoms with E-state index in [4.69, 9.17) is 10.00 Å². The van der Waals surface area contributed by atoms with E-state index in [9.17, 15) is 4.79 Å². The number of ether oxygens (including phenoxy) is 1. The Morgan fingerprint density at radius 3 is 2.52 bits per heavy atom. The van der Waals surface area contributed by atoms with Gasteiger partial charge in [0.15, 0.2) is 0 Å². The minimum absolute atomic E-state index is 0.327. The molecule has 0 aliphatic carbocycles. The molecule has 0 heterocycles. The van der Waals surface area contributed by atoms with E-state index in [0.717, 1.165) is 5.56 Å². The highest BCUT2D eigenvalue weighted by molar-refractivity contribution is 5.88. The number of esters is 1. The summed E-state index contributed by atoms with van der Waals surface area (Å²) in [5.74, 6) is -0.363. The third kappa shape index (κ3) is 4.05. The summed E-state index contributed by atoms with van der Waals surface area (Å²) in [5.41, 5.74) is 1.63. The molecule has 104 valence electrons. The Morgan fingerprint density at radius 1 is 1.14 bits per heavy atom. The van der Waals surface area contributed by atoms with E-state index in [1.54, 1.807) is 31.2 Å². The summed E-state index contributed by atoms with van der Waals surface area (Å²) in [6, 6.07) is 18.7. The number of carbonyl (C=O) groups excluding carboxylic acids is 1. The van der Waals surface area contributed by atoms with Gasteiger partial charge in [-0.3, -0.25) is 0 Å². The molecule has 0 fully saturated rings. The first-order chi connectivity index (χ1) is 10.2. The van der Waals surface area contributed by atoms with Gasteiger partial charge in [-0.05, 0) is 24.6 Å². The predicted octanol–water partition coefficient (Wildman–Crippen LogP) is 3.93. The molecule has 0 N–H and O–H groups in total. The molecule has 0 amide bonds. The van der Waals surface area contributed by atoms with E-state index < -0.39 is 5.97 Å². The van der Waals surface area contributed by atoms with E-state index in [1.165, 1.54) is 6.08 Å². The van der Waals surface area contributed by atoms with Crippen LogP contribution >= 0.6 is 0 Å². The Hall–Kier alpha value is -2.86. The van der Waals surface area contributed by atoms with Gasteiger partial charge in [0.2, 0.25) is 0 Å². The van der Waals surface area contributed by atoms with Gasteiger partial charge in [-0.1, -0.05) is 48.5 Å². The second kappa shape index (κ2) is 7.06. The van der Waals surface area contributed by atoms with Gasteiger partial charge in [-0.25, -0.2) is 4.79 Å². The number of benzene rings is 2. The predicted molar refractivity (Wildman–Crippen MR) is 81.6 cm³/mol. The summed E-state index contributed by atoms with van der Waals surface area (Å²) in [6.07, 6.45) is 3.07. The van der Waals surface area contributed by atoms with E-state index in [0.29, 0.717) is 11.3 Å². The number of hydrogen-bond donors (Lipinski definition) is 0. The van der Waals surface area contributed by atoms with Crippen molar-refractivity contribution in [2.24, 2.45) is 0 Å². The maximum atomic E-state index is 11.9. The molecular weight excluding hydrogens is 262 g/mol. The van der Waals surface area contributed by atoms with Crippen LogP contribution in [0, 0.1) is 11.3 Å². The minimum atomic E-state index is -0.462. The summed E-state index contributed by atoms with van der Waals surface area (Å²) in [4.78, 5) is 11.9. The average molecular weight is 277 g/mol. The van der Waals surface area contributed by atoms with Crippen molar-refractivity contribution in [2.75, 3.05) is 0 Å². The van der Waals surface area contributed by atoms with Crippen molar-refractivity contribution in [3.63, 3.8) is 0 Å². The van der Waals surface area contributed by atoms with Crippen LogP contribution in [0.1, 0.15) is 24.0 Å². The van der Waals surface area contributed by atoms with Gasteiger partial charge in [0, 0.05) is 11.6 Å². The largest absolute Gasteiger partial charge is 0.423 e. The van der Waals surface area contributed by atoms with E-state index in [-0.39, 0.29) is 5.92 Å². The standard InChI is InChI=1S/C18H15NO2/c1-14(13-19)16-9-5-6-10-17(16)21-18(20)12-11-15-7-3-2-4-8-15/h2-12,14H,1H3. The maximum absolute atomic E-state index is 11.9. The molecule has 0 radical (unpaired) electrons. The van der Waals surface area contributed by atoms with Crippen LogP contribution in [0.5, 0.6) is 5.75 Å². The number of carbonyl (C=O) groups is 1. The molecule has 0 bridgehead atoms. The van der Waals surface area contributed by atoms with Gasteiger partial charge in [-0.15, -0.1) is 0 Å². The Balaban J connectivity index is 2.10. The number of hydrogen-bond acceptors (Lipinski definition) is 3. The van der Waals surface area contributed by atoms with Gasteiger partial charge >= 0.3 is 5.97 Å². The molecule has 3 nitrogen and oxygen atoms in total. The maximum Gasteiger partial charge on any atom is 0.336 e. The number of para-hydroxylation sites is 1. The molecule has 2 aromatic rings. The van der Waals surface area contributed by atoms with Crippen LogP contribution in [-0.4, -0.2) is 5.97 Å². The summed E-state index contributed by atoms with van der Waals surface area (Å²) < 4.78 is 5.31. The second-order valence-corrected chi connectivity index (χ2v) is 4.55. The highest BCUT2D eigenvalue weighted by Crippen LogP contribution is 2.26. The normalized spacial score (nSPS) is 11.8. The zero-order valence-corrected chi connectivity index (χ0v) is 11.7. The SMILES string of the molecule is CC(C#N)c1ccccc1OC(=O)C=Cc1ccccc1. The number of nitrogens with zero attached hydrogens (tertiary/aromatic N) is 1. The molecule has 0 spiro atoms. The fourth-order valence-electron chi connectivity index (χ4n) is 1.87. The van der Waals surface area contributed by atoms with Crippen LogP contribution in [0.3, 0.4) is 0 Å². The van der Waals surface area contributed by atoms with E-state index in [2.05, 4.69) is 6.07 Å². The van der Waals surface area contributed by atoms with E-state index in [1.807, 2.05) is 36.4 Å². The van der Waals surface area contributed by atoms with Crippen LogP contribution in [0.2, 0.25) is 0 Å². The van der Waals surface area contributed by atoms with Gasteiger partial charge in [0.25, 0.3) is 0 Å². The zero-order chi connectivity index (χ0) is 15.1. The first-order valence-electron chi connectivity index (χ1n) is 6.64. The smallest absolute Gasteiger partial charge is 0.336 e. The molecule has 0 aliphatic heterocycles. The molecule has 0 saturated carbocycles. The van der Waals surface area contributed by atoms with Crippen molar-refractivity contribution in [1.29, 1.82) is 5.26 Å². The Bertz CT molecular complexity index is 684. The van der Waals surface area contributed by atoms with Crippen LogP contribution in [0.4, 0.5) is 0 Å². The van der Waals surface area contributed by atoms with Gasteiger partial charge < -0.3 is 4.74 Å². The van der Waals surface area contributed by atoms with E-state index >= 15 is 0 Å². The summed E-state index contributed by atoms with van der Waals surface area (Å²) >= 11 is 0. The first kappa shape index (κ1) is 14.5. The van der Waals surface area contributed by atoms with Crippen LogP contribution in [0.25, 0.3) is 6.08 Å². The van der Waals surface area contributed by atoms with Crippen molar-refractivity contribution in [3.8, 4) is 11.8 Å². The number of nitriles is 1. The Labute approximate surface area is 124 Å². The lowest BCUT2D eigenvalue weighted by atomic mass is 10.0. The van der Waals surface area contributed by atoms with Crippen molar-refractivity contribution in [3.05, 3.63) is 71.8 Å². The Morgan fingerprint density at radius 2 is 1.81 bits per heavy atom. The highest BCUT2D eigenvalue weighted by Gasteiger charge is 2.12. The van der Waals surface area contributed by atoms with Crippen LogP contribution in [0.15, 0.2) is 60.7 Å². The first-order valence-corrected chi connectivity index (χ1v) is 6.64. The Kier molecular flexibility index (Phi) is 4.89. The molecule has 2 aromatic carbocycles. The molecular formula is C18H15NO2. The minimum Gasteiger partial charge on any atom is -0.423 e. The zero-order valence-electron chi connectivity index (χ0n) is 11.7. The fourth-order valence-corrected chi connectivity index (χ4v) is 1.87. The highest BCUT2D eigenvalue weighted by atomic mass is 16.5. The topological polar surface area (TPSA) is 50.1 Å². The molecule has 1 unspecified atom stereocenters. The van der Waals surface area contributed by atoms with Gasteiger partial charge in [0.05, 0.1) is 12.0 Å². The van der Waals surface area contributed by atoms with Crippen molar-refractivity contribution in [2.45, 2.75) is 12.8 Å². The molecule has 0 saturated heterocycles. The van der Waals surface area contributed by atoms with Crippen molar-refractivity contribution >= 4 is 12.0 Å². The molecule has 1 atom stereocenters. The monoisotopic (exact) mass is 277 g/mol. The third-order valence-corrected chi connectivity index (χ3v) is 3.00. The molecule has 0 aromatic heterocycles. The fraction of sp³-hybridized carbons (Fsp3) is 0.111. The van der Waals surface area contributed by atoms with Crippen molar-refractivity contribution in [1.82, 2.24) is 0 Å². The van der Waals surface area contributed by atoms with Crippen LogP contribution < -0.4 is 4.74 Å². The quantitative estimate of drug-likeness (QED) is 0.483. The lowest BCUT2D eigenvalue weighted by molar-refractivity contribution is -0.128. The summed E-state index contributed by atoms with van der Waals surface area (Å²) in [5, 5.41) is 8.99.